The largest absolute Gasteiger partial charge is 0.350 e. The Balaban J connectivity index is 2.52. The van der Waals surface area contributed by atoms with Crippen LogP contribution in [0.1, 0.15) is 24.9 Å². The SMILES string of the molecule is CNCCC(=O)N[C@H](C)c1cccc(Cl)c1. The zero-order valence-corrected chi connectivity index (χ0v) is 10.3. The van der Waals surface area contributed by atoms with Crippen LogP contribution in [0, 0.1) is 0 Å². The van der Waals surface area contributed by atoms with Gasteiger partial charge in [0, 0.05) is 18.0 Å². The lowest BCUT2D eigenvalue weighted by molar-refractivity contribution is -0.121. The molecule has 3 nitrogen and oxygen atoms in total. The number of rotatable bonds is 5. The zero-order valence-electron chi connectivity index (χ0n) is 9.59. The molecule has 1 aromatic carbocycles. The molecule has 0 heterocycles. The van der Waals surface area contributed by atoms with E-state index in [2.05, 4.69) is 10.6 Å². The van der Waals surface area contributed by atoms with Crippen molar-refractivity contribution in [3.05, 3.63) is 34.9 Å². The Hall–Kier alpha value is -1.06. The summed E-state index contributed by atoms with van der Waals surface area (Å²) in [6, 6.07) is 7.51. The van der Waals surface area contributed by atoms with E-state index in [0.717, 1.165) is 5.56 Å². The molecule has 1 atom stereocenters. The van der Waals surface area contributed by atoms with Gasteiger partial charge in [0.15, 0.2) is 0 Å². The molecule has 1 aromatic rings. The number of hydrogen-bond acceptors (Lipinski definition) is 2. The number of carbonyl (C=O) groups excluding carboxylic acids is 1. The summed E-state index contributed by atoms with van der Waals surface area (Å²) in [5.74, 6) is 0.0434. The molecule has 2 N–H and O–H groups in total. The molecular weight excluding hydrogens is 224 g/mol. The lowest BCUT2D eigenvalue weighted by Gasteiger charge is -2.14. The second kappa shape index (κ2) is 6.51. The molecule has 0 fully saturated rings. The third-order valence-corrected chi connectivity index (χ3v) is 2.56. The van der Waals surface area contributed by atoms with Crippen LogP contribution in [0.2, 0.25) is 5.02 Å². The molecule has 0 aliphatic carbocycles. The summed E-state index contributed by atoms with van der Waals surface area (Å²) in [7, 11) is 1.83. The molecule has 1 rings (SSSR count). The Morgan fingerprint density at radius 3 is 2.88 bits per heavy atom. The molecule has 0 aromatic heterocycles. The first-order chi connectivity index (χ1) is 7.63. The highest BCUT2D eigenvalue weighted by molar-refractivity contribution is 6.30. The van der Waals surface area contributed by atoms with Gasteiger partial charge in [-0.3, -0.25) is 4.79 Å². The van der Waals surface area contributed by atoms with Gasteiger partial charge in [0.25, 0.3) is 0 Å². The molecule has 16 heavy (non-hydrogen) atoms. The van der Waals surface area contributed by atoms with Crippen LogP contribution in [0.3, 0.4) is 0 Å². The van der Waals surface area contributed by atoms with E-state index >= 15 is 0 Å². The Morgan fingerprint density at radius 2 is 2.25 bits per heavy atom. The fourth-order valence-electron chi connectivity index (χ4n) is 1.41. The predicted molar refractivity (Wildman–Crippen MR) is 66.6 cm³/mol. The maximum Gasteiger partial charge on any atom is 0.221 e. The quantitative estimate of drug-likeness (QED) is 0.828. The molecule has 0 spiro atoms. The molecule has 0 unspecified atom stereocenters. The Kier molecular flexibility index (Phi) is 5.29. The van der Waals surface area contributed by atoms with Crippen molar-refractivity contribution in [3.8, 4) is 0 Å². The summed E-state index contributed by atoms with van der Waals surface area (Å²) < 4.78 is 0. The third-order valence-electron chi connectivity index (χ3n) is 2.33. The van der Waals surface area contributed by atoms with Gasteiger partial charge in [-0.15, -0.1) is 0 Å². The van der Waals surface area contributed by atoms with Crippen LogP contribution in [0.15, 0.2) is 24.3 Å². The van der Waals surface area contributed by atoms with Gasteiger partial charge in [0.2, 0.25) is 5.91 Å². The van der Waals surface area contributed by atoms with Crippen LogP contribution < -0.4 is 10.6 Å². The molecule has 0 radical (unpaired) electrons. The molecule has 0 saturated heterocycles. The van der Waals surface area contributed by atoms with Crippen LogP contribution in [0.5, 0.6) is 0 Å². The molecule has 0 saturated carbocycles. The first kappa shape index (κ1) is 13.0. The summed E-state index contributed by atoms with van der Waals surface area (Å²) in [4.78, 5) is 11.5. The summed E-state index contributed by atoms with van der Waals surface area (Å²) in [6.07, 6.45) is 0.488. The van der Waals surface area contributed by atoms with Crippen LogP contribution in [-0.4, -0.2) is 19.5 Å². The minimum atomic E-state index is -0.0111. The minimum Gasteiger partial charge on any atom is -0.350 e. The van der Waals surface area contributed by atoms with Gasteiger partial charge in [0.1, 0.15) is 0 Å². The number of hydrogen-bond donors (Lipinski definition) is 2. The standard InChI is InChI=1S/C12H17ClN2O/c1-9(15-12(16)6-7-14-2)10-4-3-5-11(13)8-10/h3-5,8-9,14H,6-7H2,1-2H3,(H,15,16)/t9-/m1/s1. The highest BCUT2D eigenvalue weighted by Crippen LogP contribution is 2.17. The Bertz CT molecular complexity index is 355. The Morgan fingerprint density at radius 1 is 1.50 bits per heavy atom. The second-order valence-electron chi connectivity index (χ2n) is 3.70. The Labute approximate surface area is 101 Å². The second-order valence-corrected chi connectivity index (χ2v) is 4.13. The van der Waals surface area contributed by atoms with E-state index in [1.54, 1.807) is 0 Å². The van der Waals surface area contributed by atoms with Crippen molar-refractivity contribution in [2.24, 2.45) is 0 Å². The number of benzene rings is 1. The van der Waals surface area contributed by atoms with Crippen LogP contribution >= 0.6 is 11.6 Å². The normalized spacial score (nSPS) is 12.2. The van der Waals surface area contributed by atoms with Crippen molar-refractivity contribution in [2.75, 3.05) is 13.6 Å². The number of halogens is 1. The fraction of sp³-hybridized carbons (Fsp3) is 0.417. The third kappa shape index (κ3) is 4.21. The van der Waals surface area contributed by atoms with Crippen LogP contribution in [0.4, 0.5) is 0 Å². The van der Waals surface area contributed by atoms with Crippen LogP contribution in [-0.2, 0) is 4.79 Å². The van der Waals surface area contributed by atoms with E-state index in [9.17, 15) is 4.79 Å². The zero-order chi connectivity index (χ0) is 12.0. The monoisotopic (exact) mass is 240 g/mol. The van der Waals surface area contributed by atoms with Gasteiger partial charge in [-0.05, 0) is 31.7 Å². The highest BCUT2D eigenvalue weighted by Gasteiger charge is 2.08. The maximum absolute atomic E-state index is 11.5. The topological polar surface area (TPSA) is 41.1 Å². The predicted octanol–water partition coefficient (Wildman–Crippen LogP) is 2.13. The van der Waals surface area contributed by atoms with Gasteiger partial charge in [-0.1, -0.05) is 23.7 Å². The van der Waals surface area contributed by atoms with Crippen molar-refractivity contribution in [1.82, 2.24) is 10.6 Å². The van der Waals surface area contributed by atoms with E-state index in [1.807, 2.05) is 38.2 Å². The van der Waals surface area contributed by atoms with E-state index < -0.39 is 0 Å². The van der Waals surface area contributed by atoms with Crippen molar-refractivity contribution >= 4 is 17.5 Å². The lowest BCUT2D eigenvalue weighted by Crippen LogP contribution is -2.29. The summed E-state index contributed by atoms with van der Waals surface area (Å²) in [6.45, 7) is 2.64. The van der Waals surface area contributed by atoms with Crippen LogP contribution in [0.25, 0.3) is 0 Å². The average Bonchev–Trinajstić information content (AvgIpc) is 2.26. The number of nitrogens with one attached hydrogen (secondary N) is 2. The lowest BCUT2D eigenvalue weighted by atomic mass is 10.1. The molecule has 0 aliphatic rings. The minimum absolute atomic E-state index is 0.0111. The smallest absolute Gasteiger partial charge is 0.221 e. The molecule has 4 heteroatoms. The van der Waals surface area contributed by atoms with Crippen molar-refractivity contribution in [2.45, 2.75) is 19.4 Å². The summed E-state index contributed by atoms with van der Waals surface area (Å²) in [5, 5.41) is 6.55. The molecular formula is C12H17ClN2O. The molecule has 88 valence electrons. The van der Waals surface area contributed by atoms with Gasteiger partial charge < -0.3 is 10.6 Å². The van der Waals surface area contributed by atoms with E-state index in [4.69, 9.17) is 11.6 Å². The number of amides is 1. The van der Waals surface area contributed by atoms with Gasteiger partial charge >= 0.3 is 0 Å². The fourth-order valence-corrected chi connectivity index (χ4v) is 1.61. The molecule has 0 aliphatic heterocycles. The molecule has 0 bridgehead atoms. The summed E-state index contributed by atoms with van der Waals surface area (Å²) in [5.41, 5.74) is 1.02. The highest BCUT2D eigenvalue weighted by atomic mass is 35.5. The summed E-state index contributed by atoms with van der Waals surface area (Å²) >= 11 is 5.89. The van der Waals surface area contributed by atoms with E-state index in [1.165, 1.54) is 0 Å². The maximum atomic E-state index is 11.5. The average molecular weight is 241 g/mol. The van der Waals surface area contributed by atoms with Gasteiger partial charge in [-0.25, -0.2) is 0 Å². The van der Waals surface area contributed by atoms with Gasteiger partial charge in [-0.2, -0.15) is 0 Å². The molecule has 1 amide bonds. The van der Waals surface area contributed by atoms with Gasteiger partial charge in [0.05, 0.1) is 6.04 Å². The first-order valence-electron chi connectivity index (χ1n) is 5.33. The van der Waals surface area contributed by atoms with Crippen molar-refractivity contribution < 1.29 is 4.79 Å². The van der Waals surface area contributed by atoms with Crippen molar-refractivity contribution in [1.29, 1.82) is 0 Å². The van der Waals surface area contributed by atoms with E-state index in [0.29, 0.717) is 18.0 Å². The first-order valence-corrected chi connectivity index (χ1v) is 5.70. The number of carbonyl (C=O) groups is 1. The van der Waals surface area contributed by atoms with E-state index in [-0.39, 0.29) is 11.9 Å². The van der Waals surface area contributed by atoms with Crippen molar-refractivity contribution in [3.63, 3.8) is 0 Å².